The largest absolute Gasteiger partial charge is 0.492 e. The Morgan fingerprint density at radius 3 is 2.62 bits per heavy atom. The van der Waals surface area contributed by atoms with Crippen molar-refractivity contribution in [1.82, 2.24) is 5.32 Å². The number of nitrogens with two attached hydrogens (primary N) is 1. The number of rotatable bonds is 6. The Labute approximate surface area is 102 Å². The molecule has 1 amide bonds. The highest BCUT2D eigenvalue weighted by Crippen LogP contribution is 2.07. The maximum atomic E-state index is 11.0. The van der Waals surface area contributed by atoms with E-state index in [9.17, 15) is 4.79 Å². The lowest BCUT2D eigenvalue weighted by Crippen LogP contribution is -2.29. The molecule has 0 bridgehead atoms. The molecule has 4 nitrogen and oxygen atoms in total. The third-order valence-corrected chi connectivity index (χ3v) is 1.81. The molecule has 1 aromatic carbocycles. The summed E-state index contributed by atoms with van der Waals surface area (Å²) in [4.78, 5) is 11.0. The zero-order chi connectivity index (χ0) is 10.9. The van der Waals surface area contributed by atoms with Gasteiger partial charge in [-0.15, -0.1) is 12.4 Å². The monoisotopic (exact) mass is 244 g/mol. The highest BCUT2D eigenvalue weighted by atomic mass is 35.5. The van der Waals surface area contributed by atoms with E-state index in [0.717, 1.165) is 5.75 Å². The minimum Gasteiger partial charge on any atom is -0.492 e. The van der Waals surface area contributed by atoms with Crippen LogP contribution in [0.1, 0.15) is 6.42 Å². The fourth-order valence-electron chi connectivity index (χ4n) is 1.10. The van der Waals surface area contributed by atoms with E-state index < -0.39 is 0 Å². The van der Waals surface area contributed by atoms with Crippen molar-refractivity contribution in [3.63, 3.8) is 0 Å². The molecule has 5 heteroatoms. The van der Waals surface area contributed by atoms with E-state index in [2.05, 4.69) is 5.32 Å². The van der Waals surface area contributed by atoms with Crippen LogP contribution in [0, 0.1) is 0 Å². The van der Waals surface area contributed by atoms with Crippen LogP contribution in [0.2, 0.25) is 0 Å². The van der Waals surface area contributed by atoms with Gasteiger partial charge in [0, 0.05) is 13.0 Å². The summed E-state index contributed by atoms with van der Waals surface area (Å²) in [6.07, 6.45) is 0.366. The van der Waals surface area contributed by atoms with Gasteiger partial charge in [-0.25, -0.2) is 0 Å². The van der Waals surface area contributed by atoms with Crippen molar-refractivity contribution in [2.45, 2.75) is 6.42 Å². The zero-order valence-electron chi connectivity index (χ0n) is 9.02. The first-order chi connectivity index (χ1) is 7.33. The molecule has 0 radical (unpaired) electrons. The van der Waals surface area contributed by atoms with E-state index in [1.54, 1.807) is 0 Å². The Kier molecular flexibility index (Phi) is 8.29. The van der Waals surface area contributed by atoms with Gasteiger partial charge >= 0.3 is 0 Å². The minimum absolute atomic E-state index is 0. The standard InChI is InChI=1S/C11H16N2O2.ClH/c12-7-6-11(14)13-8-9-15-10-4-2-1-3-5-10;/h1-5H,6-9,12H2,(H,13,14);1H. The highest BCUT2D eigenvalue weighted by molar-refractivity contribution is 5.85. The molecule has 0 saturated carbocycles. The number of carbonyl (C=O) groups excluding carboxylic acids is 1. The molecule has 0 fully saturated rings. The smallest absolute Gasteiger partial charge is 0.221 e. The van der Waals surface area contributed by atoms with Gasteiger partial charge in [0.25, 0.3) is 0 Å². The third-order valence-electron chi connectivity index (χ3n) is 1.81. The second-order valence-corrected chi connectivity index (χ2v) is 3.05. The summed E-state index contributed by atoms with van der Waals surface area (Å²) in [7, 11) is 0. The van der Waals surface area contributed by atoms with Crippen LogP contribution in [0.3, 0.4) is 0 Å². The predicted octanol–water partition coefficient (Wildman–Crippen LogP) is 0.952. The van der Waals surface area contributed by atoms with Crippen LogP contribution in [-0.4, -0.2) is 25.6 Å². The number of hydrogen-bond donors (Lipinski definition) is 2. The van der Waals surface area contributed by atoms with Crippen molar-refractivity contribution >= 4 is 18.3 Å². The van der Waals surface area contributed by atoms with E-state index in [0.29, 0.717) is 26.1 Å². The summed E-state index contributed by atoms with van der Waals surface area (Å²) in [5, 5.41) is 2.71. The topological polar surface area (TPSA) is 64.4 Å². The first-order valence-electron chi connectivity index (χ1n) is 4.97. The molecule has 90 valence electrons. The van der Waals surface area contributed by atoms with Crippen molar-refractivity contribution in [3.8, 4) is 5.75 Å². The van der Waals surface area contributed by atoms with Gasteiger partial charge in [-0.1, -0.05) is 18.2 Å². The summed E-state index contributed by atoms with van der Waals surface area (Å²) in [6.45, 7) is 1.36. The van der Waals surface area contributed by atoms with Crippen LogP contribution in [0.15, 0.2) is 30.3 Å². The number of benzene rings is 1. The first-order valence-corrected chi connectivity index (χ1v) is 4.97. The normalized spacial score (nSPS) is 9.06. The summed E-state index contributed by atoms with van der Waals surface area (Å²) < 4.78 is 5.39. The van der Waals surface area contributed by atoms with E-state index in [1.807, 2.05) is 30.3 Å². The maximum Gasteiger partial charge on any atom is 0.221 e. The van der Waals surface area contributed by atoms with Gasteiger partial charge in [0.15, 0.2) is 0 Å². The number of nitrogens with one attached hydrogen (secondary N) is 1. The van der Waals surface area contributed by atoms with E-state index in [1.165, 1.54) is 0 Å². The van der Waals surface area contributed by atoms with Crippen LogP contribution in [0.25, 0.3) is 0 Å². The average Bonchev–Trinajstić information content (AvgIpc) is 2.26. The highest BCUT2D eigenvalue weighted by Gasteiger charge is 1.97. The summed E-state index contributed by atoms with van der Waals surface area (Å²) in [5.41, 5.74) is 5.23. The molecular weight excluding hydrogens is 228 g/mol. The van der Waals surface area contributed by atoms with Gasteiger partial charge in [-0.3, -0.25) is 4.79 Å². The maximum absolute atomic E-state index is 11.0. The quantitative estimate of drug-likeness (QED) is 0.733. The second kappa shape index (κ2) is 9.00. The lowest BCUT2D eigenvalue weighted by Gasteiger charge is -2.06. The molecule has 0 saturated heterocycles. The average molecular weight is 245 g/mol. The van der Waals surface area contributed by atoms with Gasteiger partial charge < -0.3 is 15.8 Å². The molecule has 16 heavy (non-hydrogen) atoms. The Morgan fingerprint density at radius 1 is 1.31 bits per heavy atom. The lowest BCUT2D eigenvalue weighted by atomic mass is 10.3. The van der Waals surface area contributed by atoms with Crippen LogP contribution in [-0.2, 0) is 4.79 Å². The molecule has 1 aromatic rings. The molecule has 0 aromatic heterocycles. The number of para-hydroxylation sites is 1. The molecule has 0 unspecified atom stereocenters. The summed E-state index contributed by atoms with van der Waals surface area (Å²) in [5.74, 6) is 0.778. The van der Waals surface area contributed by atoms with Crippen LogP contribution in [0.4, 0.5) is 0 Å². The number of halogens is 1. The van der Waals surface area contributed by atoms with Crippen LogP contribution < -0.4 is 15.8 Å². The van der Waals surface area contributed by atoms with Crippen molar-refractivity contribution < 1.29 is 9.53 Å². The van der Waals surface area contributed by atoms with Crippen molar-refractivity contribution in [2.24, 2.45) is 5.73 Å². The van der Waals surface area contributed by atoms with Gasteiger partial charge in [-0.2, -0.15) is 0 Å². The Hall–Kier alpha value is -1.26. The van der Waals surface area contributed by atoms with E-state index in [4.69, 9.17) is 10.5 Å². The van der Waals surface area contributed by atoms with Gasteiger partial charge in [0.1, 0.15) is 12.4 Å². The molecule has 0 spiro atoms. The molecule has 0 atom stereocenters. The van der Waals surface area contributed by atoms with Crippen LogP contribution >= 0.6 is 12.4 Å². The van der Waals surface area contributed by atoms with Gasteiger partial charge in [-0.05, 0) is 12.1 Å². The number of carbonyl (C=O) groups is 1. The number of ether oxygens (including phenoxy) is 1. The molecule has 3 N–H and O–H groups in total. The molecule has 0 heterocycles. The first kappa shape index (κ1) is 14.7. The van der Waals surface area contributed by atoms with Crippen molar-refractivity contribution in [1.29, 1.82) is 0 Å². The molecule has 1 rings (SSSR count). The number of amides is 1. The fourth-order valence-corrected chi connectivity index (χ4v) is 1.10. The Balaban J connectivity index is 0.00000225. The second-order valence-electron chi connectivity index (χ2n) is 3.05. The van der Waals surface area contributed by atoms with E-state index >= 15 is 0 Å². The summed E-state index contributed by atoms with van der Waals surface area (Å²) >= 11 is 0. The SMILES string of the molecule is Cl.NCCC(=O)NCCOc1ccccc1. The molecular formula is C11H17ClN2O2. The third kappa shape index (κ3) is 6.27. The lowest BCUT2D eigenvalue weighted by molar-refractivity contribution is -0.120. The van der Waals surface area contributed by atoms with E-state index in [-0.39, 0.29) is 18.3 Å². The molecule has 0 aliphatic heterocycles. The van der Waals surface area contributed by atoms with Gasteiger partial charge in [0.05, 0.1) is 6.54 Å². The Morgan fingerprint density at radius 2 is 2.00 bits per heavy atom. The fraction of sp³-hybridized carbons (Fsp3) is 0.364. The van der Waals surface area contributed by atoms with Crippen molar-refractivity contribution in [3.05, 3.63) is 30.3 Å². The minimum atomic E-state index is -0.0332. The number of hydrogen-bond acceptors (Lipinski definition) is 3. The predicted molar refractivity (Wildman–Crippen MR) is 65.9 cm³/mol. The van der Waals surface area contributed by atoms with Gasteiger partial charge in [0.2, 0.25) is 5.91 Å². The molecule has 0 aliphatic carbocycles. The molecule has 0 aliphatic rings. The zero-order valence-corrected chi connectivity index (χ0v) is 9.83. The Bertz CT molecular complexity index is 293. The van der Waals surface area contributed by atoms with Crippen molar-refractivity contribution in [2.75, 3.05) is 19.7 Å². The summed E-state index contributed by atoms with van der Waals surface area (Å²) in [6, 6.07) is 9.49. The van der Waals surface area contributed by atoms with Crippen LogP contribution in [0.5, 0.6) is 5.75 Å².